The van der Waals surface area contributed by atoms with Crippen LogP contribution in [0, 0.1) is 11.8 Å². The van der Waals surface area contributed by atoms with Crippen LogP contribution in [0.15, 0.2) is 48.5 Å². The maximum Gasteiger partial charge on any atom is 0.407 e. The van der Waals surface area contributed by atoms with Gasteiger partial charge in [-0.2, -0.15) is 0 Å². The van der Waals surface area contributed by atoms with Crippen molar-refractivity contribution in [3.05, 3.63) is 59.7 Å². The first-order valence-corrected chi connectivity index (χ1v) is 12.4. The normalized spacial score (nSPS) is 13.9. The van der Waals surface area contributed by atoms with Gasteiger partial charge in [-0.1, -0.05) is 62.4 Å². The predicted octanol–water partition coefficient (Wildman–Crippen LogP) is 4.95. The van der Waals surface area contributed by atoms with E-state index in [-0.39, 0.29) is 17.7 Å². The Kier molecular flexibility index (Phi) is 9.70. The Hall–Kier alpha value is -3.35. The van der Waals surface area contributed by atoms with E-state index in [0.29, 0.717) is 39.0 Å². The number of carbonyl (C=O) groups excluding carboxylic acids is 2. The van der Waals surface area contributed by atoms with Gasteiger partial charge in [-0.15, -0.1) is 0 Å². The maximum atomic E-state index is 12.3. The molecule has 0 bridgehead atoms. The molecule has 1 aliphatic rings. The highest BCUT2D eigenvalue weighted by atomic mass is 16.5. The summed E-state index contributed by atoms with van der Waals surface area (Å²) in [6.45, 7) is 5.01. The highest BCUT2D eigenvalue weighted by Gasteiger charge is 2.28. The number of hydrogen-bond acceptors (Lipinski definition) is 4. The van der Waals surface area contributed by atoms with Crippen LogP contribution in [0.3, 0.4) is 0 Å². The molecule has 2 amide bonds. The van der Waals surface area contributed by atoms with Crippen LogP contribution in [0.2, 0.25) is 0 Å². The summed E-state index contributed by atoms with van der Waals surface area (Å²) in [5.74, 6) is -0.906. The molecular weight excluding hydrogens is 444 g/mol. The fourth-order valence-corrected chi connectivity index (χ4v) is 4.44. The van der Waals surface area contributed by atoms with Gasteiger partial charge in [0.1, 0.15) is 6.61 Å². The van der Waals surface area contributed by atoms with Crippen LogP contribution in [0.5, 0.6) is 0 Å². The van der Waals surface area contributed by atoms with E-state index in [0.717, 1.165) is 12.8 Å². The zero-order valence-electron chi connectivity index (χ0n) is 20.6. The van der Waals surface area contributed by atoms with Gasteiger partial charge < -0.3 is 20.5 Å². The summed E-state index contributed by atoms with van der Waals surface area (Å²) in [5.41, 5.74) is 4.77. The SMILES string of the molecule is CC(CCNC(=O)OCC1c2ccccc2-c2ccccc21)CCC(=O)NCCCC(C)C(=O)O. The summed E-state index contributed by atoms with van der Waals surface area (Å²) in [6.07, 6.45) is 2.68. The van der Waals surface area contributed by atoms with Gasteiger partial charge >= 0.3 is 12.1 Å². The van der Waals surface area contributed by atoms with E-state index in [1.165, 1.54) is 22.3 Å². The second-order valence-corrected chi connectivity index (χ2v) is 9.42. The van der Waals surface area contributed by atoms with Crippen molar-refractivity contribution < 1.29 is 24.2 Å². The predicted molar refractivity (Wildman–Crippen MR) is 135 cm³/mol. The first kappa shape index (κ1) is 26.3. The van der Waals surface area contributed by atoms with Crippen molar-refractivity contribution in [2.24, 2.45) is 11.8 Å². The van der Waals surface area contributed by atoms with E-state index >= 15 is 0 Å². The van der Waals surface area contributed by atoms with Gasteiger partial charge in [0.25, 0.3) is 0 Å². The van der Waals surface area contributed by atoms with Crippen LogP contribution in [0.25, 0.3) is 11.1 Å². The molecule has 0 heterocycles. The van der Waals surface area contributed by atoms with E-state index in [9.17, 15) is 14.4 Å². The zero-order valence-corrected chi connectivity index (χ0v) is 20.6. The zero-order chi connectivity index (χ0) is 25.2. The third-order valence-electron chi connectivity index (χ3n) is 6.67. The number of benzene rings is 2. The molecule has 2 aromatic carbocycles. The molecule has 3 N–H and O–H groups in total. The molecule has 2 aromatic rings. The van der Waals surface area contributed by atoms with Crippen molar-refractivity contribution in [3.8, 4) is 11.1 Å². The van der Waals surface area contributed by atoms with Crippen molar-refractivity contribution >= 4 is 18.0 Å². The molecule has 2 unspecified atom stereocenters. The van der Waals surface area contributed by atoms with Crippen LogP contribution >= 0.6 is 0 Å². The van der Waals surface area contributed by atoms with Gasteiger partial charge in [0.2, 0.25) is 5.91 Å². The highest BCUT2D eigenvalue weighted by Crippen LogP contribution is 2.44. The summed E-state index contributed by atoms with van der Waals surface area (Å²) >= 11 is 0. The highest BCUT2D eigenvalue weighted by molar-refractivity contribution is 5.79. The lowest BCUT2D eigenvalue weighted by Gasteiger charge is -2.15. The van der Waals surface area contributed by atoms with Crippen molar-refractivity contribution in [1.29, 1.82) is 0 Å². The van der Waals surface area contributed by atoms with Crippen LogP contribution in [0.1, 0.15) is 63.0 Å². The second-order valence-electron chi connectivity index (χ2n) is 9.42. The number of carbonyl (C=O) groups is 3. The number of hydrogen-bond donors (Lipinski definition) is 3. The second kappa shape index (κ2) is 12.9. The largest absolute Gasteiger partial charge is 0.481 e. The number of nitrogens with one attached hydrogen (secondary N) is 2. The number of fused-ring (bicyclic) bond motifs is 3. The first-order chi connectivity index (χ1) is 16.9. The summed E-state index contributed by atoms with van der Waals surface area (Å²) in [6, 6.07) is 16.5. The third kappa shape index (κ3) is 7.57. The maximum absolute atomic E-state index is 12.3. The molecule has 0 aromatic heterocycles. The molecule has 0 saturated carbocycles. The average molecular weight is 481 g/mol. The molecule has 0 spiro atoms. The van der Waals surface area contributed by atoms with Crippen molar-refractivity contribution in [2.45, 2.75) is 51.9 Å². The molecule has 0 aliphatic heterocycles. The van der Waals surface area contributed by atoms with E-state index in [4.69, 9.17) is 9.84 Å². The molecule has 2 atom stereocenters. The van der Waals surface area contributed by atoms with Gasteiger partial charge in [0.05, 0.1) is 5.92 Å². The minimum atomic E-state index is -0.808. The third-order valence-corrected chi connectivity index (χ3v) is 6.67. The van der Waals surface area contributed by atoms with Crippen LogP contribution in [-0.2, 0) is 14.3 Å². The van der Waals surface area contributed by atoms with E-state index in [1.54, 1.807) is 6.92 Å². The molecule has 0 saturated heterocycles. The molecule has 35 heavy (non-hydrogen) atoms. The van der Waals surface area contributed by atoms with E-state index < -0.39 is 18.0 Å². The Bertz CT molecular complexity index is 976. The summed E-state index contributed by atoms with van der Waals surface area (Å²) in [7, 11) is 0. The lowest BCUT2D eigenvalue weighted by molar-refractivity contribution is -0.141. The molecule has 0 fully saturated rings. The number of carboxylic acid groups (broad SMARTS) is 1. The summed E-state index contributed by atoms with van der Waals surface area (Å²) in [5, 5.41) is 14.5. The molecule has 188 valence electrons. The smallest absolute Gasteiger partial charge is 0.407 e. The monoisotopic (exact) mass is 480 g/mol. The lowest BCUT2D eigenvalue weighted by Crippen LogP contribution is -2.28. The minimum Gasteiger partial charge on any atom is -0.481 e. The van der Waals surface area contributed by atoms with Crippen LogP contribution in [0.4, 0.5) is 4.79 Å². The Balaban J connectivity index is 1.30. The van der Waals surface area contributed by atoms with Gasteiger partial charge in [0, 0.05) is 25.4 Å². The van der Waals surface area contributed by atoms with Gasteiger partial charge in [-0.3, -0.25) is 9.59 Å². The fraction of sp³-hybridized carbons (Fsp3) is 0.464. The Labute approximate surface area is 207 Å². The number of amides is 2. The number of aliphatic carboxylic acids is 1. The van der Waals surface area contributed by atoms with Gasteiger partial charge in [-0.05, 0) is 53.9 Å². The summed E-state index contributed by atoms with van der Waals surface area (Å²) < 4.78 is 5.56. The Morgan fingerprint density at radius 2 is 1.51 bits per heavy atom. The van der Waals surface area contributed by atoms with Crippen LogP contribution < -0.4 is 10.6 Å². The molecule has 0 radical (unpaired) electrons. The van der Waals surface area contributed by atoms with Gasteiger partial charge in [-0.25, -0.2) is 4.79 Å². The average Bonchev–Trinajstić information content (AvgIpc) is 3.17. The standard InChI is InChI=1S/C28H36N2O5/c1-19(13-14-26(31)29-16-7-8-20(2)27(32)33)15-17-30-28(34)35-18-25-23-11-5-3-9-21(23)22-10-4-6-12-24(22)25/h3-6,9-12,19-20,25H,7-8,13-18H2,1-2H3,(H,29,31)(H,30,34)(H,32,33). The van der Waals surface area contributed by atoms with E-state index in [2.05, 4.69) is 41.8 Å². The number of ether oxygens (including phenoxy) is 1. The van der Waals surface area contributed by atoms with Crippen LogP contribution in [-0.4, -0.2) is 42.8 Å². The quantitative estimate of drug-likeness (QED) is 0.352. The summed E-state index contributed by atoms with van der Waals surface area (Å²) in [4.78, 5) is 35.0. The van der Waals surface area contributed by atoms with Gasteiger partial charge in [0.15, 0.2) is 0 Å². The molecular formula is C28H36N2O5. The molecule has 7 heteroatoms. The van der Waals surface area contributed by atoms with Crippen molar-refractivity contribution in [3.63, 3.8) is 0 Å². The molecule has 1 aliphatic carbocycles. The molecule has 7 nitrogen and oxygen atoms in total. The lowest BCUT2D eigenvalue weighted by atomic mass is 9.98. The minimum absolute atomic E-state index is 0.0238. The Morgan fingerprint density at radius 1 is 0.886 bits per heavy atom. The fourth-order valence-electron chi connectivity index (χ4n) is 4.44. The number of alkyl carbamates (subject to hydrolysis) is 1. The Morgan fingerprint density at radius 3 is 2.14 bits per heavy atom. The topological polar surface area (TPSA) is 105 Å². The number of carboxylic acids is 1. The number of rotatable bonds is 13. The van der Waals surface area contributed by atoms with E-state index in [1.807, 2.05) is 24.3 Å². The van der Waals surface area contributed by atoms with Crippen molar-refractivity contribution in [2.75, 3.05) is 19.7 Å². The van der Waals surface area contributed by atoms with Crippen molar-refractivity contribution in [1.82, 2.24) is 10.6 Å². The first-order valence-electron chi connectivity index (χ1n) is 12.4. The molecule has 3 rings (SSSR count).